The van der Waals surface area contributed by atoms with Crippen molar-refractivity contribution in [1.29, 1.82) is 0 Å². The van der Waals surface area contributed by atoms with Crippen LogP contribution in [0.25, 0.3) is 0 Å². The summed E-state index contributed by atoms with van der Waals surface area (Å²) in [7, 11) is 0. The van der Waals surface area contributed by atoms with Gasteiger partial charge in [-0.15, -0.1) is 0 Å². The molecule has 0 aromatic carbocycles. The van der Waals surface area contributed by atoms with E-state index >= 15 is 0 Å². The van der Waals surface area contributed by atoms with Crippen molar-refractivity contribution in [3.05, 3.63) is 17.1 Å². The molecule has 3 heterocycles. The van der Waals surface area contributed by atoms with Crippen LogP contribution in [0.15, 0.2) is 12.3 Å². The lowest BCUT2D eigenvalue weighted by atomic mass is 9.98. The second kappa shape index (κ2) is 3.85. The van der Waals surface area contributed by atoms with Gasteiger partial charge in [-0.3, -0.25) is 4.90 Å². The molecule has 3 rings (SSSR count). The van der Waals surface area contributed by atoms with Gasteiger partial charge in [0.15, 0.2) is 0 Å². The first-order chi connectivity index (χ1) is 7.33. The lowest BCUT2D eigenvalue weighted by molar-refractivity contribution is 0.121. The quantitative estimate of drug-likeness (QED) is 0.828. The third-order valence-electron chi connectivity index (χ3n) is 3.75. The minimum Gasteiger partial charge on any atom is -0.328 e. The van der Waals surface area contributed by atoms with Crippen molar-refractivity contribution in [2.24, 2.45) is 5.73 Å². The number of piperidine rings is 1. The van der Waals surface area contributed by atoms with Crippen molar-refractivity contribution >= 4 is 11.5 Å². The monoisotopic (exact) mass is 223 g/mol. The minimum atomic E-state index is 0.445. The van der Waals surface area contributed by atoms with Crippen molar-refractivity contribution in [2.75, 3.05) is 0 Å². The molecule has 2 aliphatic rings. The van der Waals surface area contributed by atoms with Gasteiger partial charge in [0, 0.05) is 35.7 Å². The summed E-state index contributed by atoms with van der Waals surface area (Å²) in [4.78, 5) is 4.04. The predicted octanol–water partition coefficient (Wildman–Crippen LogP) is 1.60. The van der Waals surface area contributed by atoms with Crippen molar-refractivity contribution < 1.29 is 0 Å². The second-order valence-electron chi connectivity index (χ2n) is 4.77. The maximum Gasteiger partial charge on any atom is 0.0410 e. The average Bonchev–Trinajstić information content (AvgIpc) is 2.77. The van der Waals surface area contributed by atoms with Gasteiger partial charge in [-0.25, -0.2) is 4.37 Å². The molecule has 0 radical (unpaired) electrons. The van der Waals surface area contributed by atoms with Gasteiger partial charge in [0.2, 0.25) is 0 Å². The molecule has 3 nitrogen and oxygen atoms in total. The number of nitrogens with two attached hydrogens (primary N) is 1. The highest BCUT2D eigenvalue weighted by Gasteiger charge is 2.39. The van der Waals surface area contributed by atoms with Crippen LogP contribution in [0.2, 0.25) is 0 Å². The summed E-state index contributed by atoms with van der Waals surface area (Å²) in [5.41, 5.74) is 6.05. The molecule has 0 aliphatic carbocycles. The van der Waals surface area contributed by atoms with E-state index in [0.717, 1.165) is 18.6 Å². The fourth-order valence-corrected chi connectivity index (χ4v) is 3.66. The average molecular weight is 223 g/mol. The lowest BCUT2D eigenvalue weighted by Crippen LogP contribution is -2.46. The molecular formula is C11H17N3S. The van der Waals surface area contributed by atoms with Gasteiger partial charge in [-0.2, -0.15) is 0 Å². The van der Waals surface area contributed by atoms with Crippen molar-refractivity contribution in [3.8, 4) is 0 Å². The summed E-state index contributed by atoms with van der Waals surface area (Å²) in [6.07, 6.45) is 6.97. The van der Waals surface area contributed by atoms with Crippen LogP contribution < -0.4 is 5.73 Å². The van der Waals surface area contributed by atoms with E-state index in [0.29, 0.717) is 6.04 Å². The van der Waals surface area contributed by atoms with Gasteiger partial charge in [0.25, 0.3) is 0 Å². The van der Waals surface area contributed by atoms with Gasteiger partial charge >= 0.3 is 0 Å². The standard InChI is InChI=1S/C11H17N3S/c12-8-5-9-1-2-10(6-8)14(9)7-11-3-4-13-15-11/h3-4,8-10H,1-2,5-7,12H2/t8?,9-,10+. The Morgan fingerprint density at radius 1 is 1.40 bits per heavy atom. The SMILES string of the molecule is NC1C[C@H]2CC[C@@H](C1)N2Cc1ccns1. The fourth-order valence-electron chi connectivity index (χ4n) is 3.08. The maximum atomic E-state index is 6.05. The number of hydrogen-bond acceptors (Lipinski definition) is 4. The number of rotatable bonds is 2. The van der Waals surface area contributed by atoms with E-state index in [9.17, 15) is 0 Å². The Kier molecular flexibility index (Phi) is 2.50. The Morgan fingerprint density at radius 2 is 2.13 bits per heavy atom. The number of nitrogens with zero attached hydrogens (tertiary/aromatic N) is 2. The van der Waals surface area contributed by atoms with Crippen molar-refractivity contribution in [1.82, 2.24) is 9.27 Å². The molecule has 2 bridgehead atoms. The molecule has 2 N–H and O–H groups in total. The smallest absolute Gasteiger partial charge is 0.0410 e. The van der Waals surface area contributed by atoms with Crippen LogP contribution in [0.4, 0.5) is 0 Å². The Balaban J connectivity index is 1.72. The molecular weight excluding hydrogens is 206 g/mol. The molecule has 2 aliphatic heterocycles. The number of fused-ring (bicyclic) bond motifs is 2. The molecule has 1 unspecified atom stereocenters. The van der Waals surface area contributed by atoms with Gasteiger partial charge in [-0.1, -0.05) is 0 Å². The van der Waals surface area contributed by atoms with Crippen molar-refractivity contribution in [3.63, 3.8) is 0 Å². The zero-order valence-corrected chi connectivity index (χ0v) is 9.62. The van der Waals surface area contributed by atoms with E-state index < -0.39 is 0 Å². The van der Waals surface area contributed by atoms with Crippen LogP contribution in [0.1, 0.15) is 30.6 Å². The molecule has 1 aromatic rings. The highest BCUT2D eigenvalue weighted by Crippen LogP contribution is 2.36. The van der Waals surface area contributed by atoms with Crippen molar-refractivity contribution in [2.45, 2.75) is 50.4 Å². The summed E-state index contributed by atoms with van der Waals surface area (Å²) in [6, 6.07) is 4.06. The molecule has 0 saturated carbocycles. The van der Waals surface area contributed by atoms with Gasteiger partial charge in [0.1, 0.15) is 0 Å². The Labute approximate surface area is 94.4 Å². The predicted molar refractivity (Wildman–Crippen MR) is 61.7 cm³/mol. The molecule has 2 fully saturated rings. The molecule has 0 amide bonds. The first-order valence-electron chi connectivity index (χ1n) is 5.74. The van der Waals surface area contributed by atoms with Crippen LogP contribution in [-0.2, 0) is 6.54 Å². The van der Waals surface area contributed by atoms with Gasteiger partial charge < -0.3 is 5.73 Å². The molecule has 2 saturated heterocycles. The number of aromatic nitrogens is 1. The first kappa shape index (κ1) is 9.75. The molecule has 3 atom stereocenters. The van der Waals surface area contributed by atoms with Crippen LogP contribution in [0, 0.1) is 0 Å². The minimum absolute atomic E-state index is 0.445. The third-order valence-corrected chi connectivity index (χ3v) is 4.48. The van der Waals surface area contributed by atoms with E-state index in [-0.39, 0.29) is 0 Å². The van der Waals surface area contributed by atoms with Gasteiger partial charge in [0.05, 0.1) is 0 Å². The topological polar surface area (TPSA) is 42.1 Å². The Morgan fingerprint density at radius 3 is 2.73 bits per heavy atom. The largest absolute Gasteiger partial charge is 0.328 e. The number of hydrogen-bond donors (Lipinski definition) is 1. The maximum absolute atomic E-state index is 6.05. The fraction of sp³-hybridized carbons (Fsp3) is 0.727. The Bertz CT molecular complexity index is 311. The van der Waals surface area contributed by atoms with E-state index in [1.54, 1.807) is 11.5 Å². The summed E-state index contributed by atoms with van der Waals surface area (Å²) >= 11 is 1.63. The normalized spacial score (nSPS) is 35.9. The second-order valence-corrected chi connectivity index (χ2v) is 5.69. The van der Waals surface area contributed by atoms with Crippen LogP contribution in [0.5, 0.6) is 0 Å². The molecule has 4 heteroatoms. The Hall–Kier alpha value is -0.450. The zero-order valence-electron chi connectivity index (χ0n) is 8.80. The van der Waals surface area contributed by atoms with Crippen LogP contribution in [0.3, 0.4) is 0 Å². The summed E-state index contributed by atoms with van der Waals surface area (Å²) in [5.74, 6) is 0. The van der Waals surface area contributed by atoms with Gasteiger partial charge in [-0.05, 0) is 43.3 Å². The summed E-state index contributed by atoms with van der Waals surface area (Å²) < 4.78 is 4.16. The highest BCUT2D eigenvalue weighted by atomic mass is 32.1. The molecule has 1 aromatic heterocycles. The summed E-state index contributed by atoms with van der Waals surface area (Å²) in [6.45, 7) is 1.09. The van der Waals surface area contributed by atoms with Crippen LogP contribution in [-0.4, -0.2) is 27.4 Å². The summed E-state index contributed by atoms with van der Waals surface area (Å²) in [5, 5.41) is 0. The molecule has 0 spiro atoms. The first-order valence-corrected chi connectivity index (χ1v) is 6.51. The van der Waals surface area contributed by atoms with E-state index in [1.807, 2.05) is 6.20 Å². The van der Waals surface area contributed by atoms with E-state index in [1.165, 1.54) is 30.6 Å². The third kappa shape index (κ3) is 1.82. The zero-order chi connectivity index (χ0) is 10.3. The van der Waals surface area contributed by atoms with Crippen LogP contribution >= 0.6 is 11.5 Å². The molecule has 15 heavy (non-hydrogen) atoms. The van der Waals surface area contributed by atoms with E-state index in [4.69, 9.17) is 5.73 Å². The van der Waals surface area contributed by atoms with E-state index in [2.05, 4.69) is 15.3 Å². The highest BCUT2D eigenvalue weighted by molar-refractivity contribution is 7.05. The molecule has 82 valence electrons. The lowest BCUT2D eigenvalue weighted by Gasteiger charge is -2.37.